The Bertz CT molecular complexity index is 601. The van der Waals surface area contributed by atoms with Crippen LogP contribution in [-0.4, -0.2) is 49.3 Å². The number of ether oxygens (including phenoxy) is 2. The lowest BCUT2D eigenvalue weighted by Crippen LogP contribution is -2.51. The van der Waals surface area contributed by atoms with Gasteiger partial charge in [-0.15, -0.1) is 12.4 Å². The summed E-state index contributed by atoms with van der Waals surface area (Å²) in [4.78, 5) is 14.9. The van der Waals surface area contributed by atoms with E-state index in [1.807, 2.05) is 0 Å². The van der Waals surface area contributed by atoms with Crippen molar-refractivity contribution in [2.24, 2.45) is 11.7 Å². The van der Waals surface area contributed by atoms with Crippen LogP contribution >= 0.6 is 12.4 Å². The fourth-order valence-electron chi connectivity index (χ4n) is 3.13. The first kappa shape index (κ1) is 23.7. The predicted molar refractivity (Wildman–Crippen MR) is 107 cm³/mol. The van der Waals surface area contributed by atoms with Crippen molar-refractivity contribution in [3.05, 3.63) is 29.6 Å². The van der Waals surface area contributed by atoms with Crippen molar-refractivity contribution in [3.63, 3.8) is 0 Å². The van der Waals surface area contributed by atoms with E-state index in [1.54, 1.807) is 4.90 Å². The van der Waals surface area contributed by atoms with Gasteiger partial charge in [-0.05, 0) is 30.5 Å². The van der Waals surface area contributed by atoms with Crippen LogP contribution in [0, 0.1) is 11.7 Å². The average molecular weight is 403 g/mol. The molecule has 1 saturated heterocycles. The van der Waals surface area contributed by atoms with E-state index in [0.717, 1.165) is 19.3 Å². The van der Waals surface area contributed by atoms with E-state index in [0.29, 0.717) is 31.3 Å². The summed E-state index contributed by atoms with van der Waals surface area (Å²) in [5, 5.41) is 0. The molecule has 0 saturated carbocycles. The molecule has 0 aliphatic carbocycles. The van der Waals surface area contributed by atoms with E-state index in [4.69, 9.17) is 15.2 Å². The SMILES string of the molecule is CCCC[C@@H]1CN(C(=O)c2cc(F)ccc2OCCN)C[C@H](C(C)C)O1.Cl. The van der Waals surface area contributed by atoms with Crippen molar-refractivity contribution in [1.29, 1.82) is 0 Å². The van der Waals surface area contributed by atoms with Gasteiger partial charge in [-0.3, -0.25) is 4.79 Å². The Morgan fingerprint density at radius 3 is 2.78 bits per heavy atom. The van der Waals surface area contributed by atoms with E-state index < -0.39 is 5.82 Å². The van der Waals surface area contributed by atoms with Crippen LogP contribution in [0.5, 0.6) is 5.75 Å². The predicted octanol–water partition coefficient (Wildman–Crippen LogP) is 3.64. The van der Waals surface area contributed by atoms with Gasteiger partial charge in [0.1, 0.15) is 18.2 Å². The minimum absolute atomic E-state index is 0. The first-order valence-electron chi connectivity index (χ1n) is 9.53. The summed E-state index contributed by atoms with van der Waals surface area (Å²) in [5.74, 6) is 0.00589. The summed E-state index contributed by atoms with van der Waals surface area (Å²) < 4.78 is 25.5. The molecular formula is C20H32ClFN2O3. The van der Waals surface area contributed by atoms with Crippen molar-refractivity contribution >= 4 is 18.3 Å². The van der Waals surface area contributed by atoms with Crippen molar-refractivity contribution in [2.45, 2.75) is 52.2 Å². The number of nitrogens with zero attached hydrogens (tertiary/aromatic N) is 1. The van der Waals surface area contributed by atoms with Gasteiger partial charge in [-0.2, -0.15) is 0 Å². The molecule has 5 nitrogen and oxygen atoms in total. The number of hydrogen-bond acceptors (Lipinski definition) is 4. The highest BCUT2D eigenvalue weighted by molar-refractivity contribution is 5.97. The van der Waals surface area contributed by atoms with E-state index in [-0.39, 0.29) is 42.7 Å². The fourth-order valence-corrected chi connectivity index (χ4v) is 3.13. The molecule has 0 unspecified atom stereocenters. The van der Waals surface area contributed by atoms with Crippen LogP contribution in [-0.2, 0) is 4.74 Å². The smallest absolute Gasteiger partial charge is 0.257 e. The fraction of sp³-hybridized carbons (Fsp3) is 0.650. The highest BCUT2D eigenvalue weighted by Gasteiger charge is 2.33. The number of benzene rings is 1. The van der Waals surface area contributed by atoms with Crippen LogP contribution in [0.2, 0.25) is 0 Å². The minimum Gasteiger partial charge on any atom is -0.491 e. The molecule has 1 aromatic carbocycles. The minimum atomic E-state index is -0.454. The molecule has 1 fully saturated rings. The number of unbranched alkanes of at least 4 members (excludes halogenated alkanes) is 1. The summed E-state index contributed by atoms with van der Waals surface area (Å²) in [6.45, 7) is 7.96. The maximum absolute atomic E-state index is 13.8. The van der Waals surface area contributed by atoms with Crippen molar-refractivity contribution < 1.29 is 18.7 Å². The van der Waals surface area contributed by atoms with Gasteiger partial charge in [-0.25, -0.2) is 4.39 Å². The molecule has 1 amide bonds. The normalized spacial score (nSPS) is 19.7. The Morgan fingerprint density at radius 2 is 2.15 bits per heavy atom. The lowest BCUT2D eigenvalue weighted by atomic mass is 10.0. The van der Waals surface area contributed by atoms with E-state index in [1.165, 1.54) is 18.2 Å². The van der Waals surface area contributed by atoms with Gasteiger partial charge >= 0.3 is 0 Å². The molecule has 0 bridgehead atoms. The number of nitrogens with two attached hydrogens (primary N) is 1. The monoisotopic (exact) mass is 402 g/mol. The van der Waals surface area contributed by atoms with Gasteiger partial charge in [0.05, 0.1) is 17.8 Å². The molecule has 2 atom stereocenters. The third kappa shape index (κ3) is 6.63. The van der Waals surface area contributed by atoms with Gasteiger partial charge in [0.25, 0.3) is 5.91 Å². The van der Waals surface area contributed by atoms with E-state index in [2.05, 4.69) is 20.8 Å². The standard InChI is InChI=1S/C20H31FN2O3.ClH/c1-4-5-6-16-12-23(13-19(26-16)14(2)3)20(24)17-11-15(21)7-8-18(17)25-10-9-22;/h7-8,11,14,16,19H,4-6,9-10,12-13,22H2,1-3H3;1H/t16-,19-;/m1./s1. The maximum Gasteiger partial charge on any atom is 0.257 e. The van der Waals surface area contributed by atoms with Gasteiger partial charge in [-0.1, -0.05) is 33.6 Å². The molecular weight excluding hydrogens is 371 g/mol. The van der Waals surface area contributed by atoms with E-state index in [9.17, 15) is 9.18 Å². The van der Waals surface area contributed by atoms with Gasteiger partial charge in [0.2, 0.25) is 0 Å². The Morgan fingerprint density at radius 1 is 1.41 bits per heavy atom. The van der Waals surface area contributed by atoms with Crippen LogP contribution in [0.4, 0.5) is 4.39 Å². The summed E-state index contributed by atoms with van der Waals surface area (Å²) in [7, 11) is 0. The van der Waals surface area contributed by atoms with Crippen molar-refractivity contribution in [1.82, 2.24) is 4.90 Å². The number of morpholine rings is 1. The van der Waals surface area contributed by atoms with Crippen LogP contribution in [0.25, 0.3) is 0 Å². The van der Waals surface area contributed by atoms with Crippen LogP contribution < -0.4 is 10.5 Å². The lowest BCUT2D eigenvalue weighted by molar-refractivity contribution is -0.0963. The number of hydrogen-bond donors (Lipinski definition) is 1. The molecule has 2 rings (SSSR count). The second kappa shape index (κ2) is 11.5. The molecule has 0 radical (unpaired) electrons. The summed E-state index contributed by atoms with van der Waals surface area (Å²) >= 11 is 0. The zero-order chi connectivity index (χ0) is 19.1. The van der Waals surface area contributed by atoms with E-state index >= 15 is 0 Å². The lowest BCUT2D eigenvalue weighted by Gasteiger charge is -2.40. The largest absolute Gasteiger partial charge is 0.491 e. The maximum atomic E-state index is 13.8. The molecule has 0 aromatic heterocycles. The second-order valence-corrected chi connectivity index (χ2v) is 7.17. The topological polar surface area (TPSA) is 64.8 Å². The highest BCUT2D eigenvalue weighted by atomic mass is 35.5. The summed E-state index contributed by atoms with van der Waals surface area (Å²) in [5.41, 5.74) is 5.73. The molecule has 1 aliphatic rings. The number of amides is 1. The van der Waals surface area contributed by atoms with Crippen LogP contribution in [0.15, 0.2) is 18.2 Å². The summed E-state index contributed by atoms with van der Waals surface area (Å²) in [6, 6.07) is 4.03. The molecule has 1 heterocycles. The molecule has 7 heteroatoms. The van der Waals surface area contributed by atoms with Crippen LogP contribution in [0.1, 0.15) is 50.4 Å². The molecule has 27 heavy (non-hydrogen) atoms. The zero-order valence-electron chi connectivity index (χ0n) is 16.4. The van der Waals surface area contributed by atoms with Gasteiger partial charge in [0, 0.05) is 19.6 Å². The number of rotatable bonds is 8. The highest BCUT2D eigenvalue weighted by Crippen LogP contribution is 2.26. The van der Waals surface area contributed by atoms with Gasteiger partial charge in [0.15, 0.2) is 0 Å². The molecule has 2 N–H and O–H groups in total. The number of carbonyl (C=O) groups excluding carboxylic acids is 1. The zero-order valence-corrected chi connectivity index (χ0v) is 17.3. The summed E-state index contributed by atoms with van der Waals surface area (Å²) in [6.07, 6.45) is 3.06. The Kier molecular flexibility index (Phi) is 10.1. The quantitative estimate of drug-likeness (QED) is 0.720. The molecule has 1 aliphatic heterocycles. The average Bonchev–Trinajstić information content (AvgIpc) is 2.64. The number of halogens is 2. The first-order valence-corrected chi connectivity index (χ1v) is 9.53. The Balaban J connectivity index is 0.00000364. The third-order valence-electron chi connectivity index (χ3n) is 4.65. The molecule has 0 spiro atoms. The van der Waals surface area contributed by atoms with Crippen LogP contribution in [0.3, 0.4) is 0 Å². The van der Waals surface area contributed by atoms with Crippen molar-refractivity contribution in [2.75, 3.05) is 26.2 Å². The van der Waals surface area contributed by atoms with Gasteiger partial charge < -0.3 is 20.1 Å². The molecule has 1 aromatic rings. The first-order chi connectivity index (χ1) is 12.5. The Labute approximate surface area is 167 Å². The third-order valence-corrected chi connectivity index (χ3v) is 4.65. The molecule has 154 valence electrons. The van der Waals surface area contributed by atoms with Crippen molar-refractivity contribution in [3.8, 4) is 5.75 Å². The number of carbonyl (C=O) groups is 1. The second-order valence-electron chi connectivity index (χ2n) is 7.17. The Hall–Kier alpha value is -1.37.